The van der Waals surface area contributed by atoms with Gasteiger partial charge in [0.2, 0.25) is 0 Å². The number of nitrogens with zero attached hydrogens (tertiary/aromatic N) is 7. The van der Waals surface area contributed by atoms with E-state index in [0.717, 1.165) is 79.9 Å². The van der Waals surface area contributed by atoms with Gasteiger partial charge in [0.25, 0.3) is 0 Å². The fourth-order valence-electron chi connectivity index (χ4n) is 6.04. The van der Waals surface area contributed by atoms with Gasteiger partial charge in [-0.15, -0.1) is 0 Å². The van der Waals surface area contributed by atoms with Crippen LogP contribution in [0.2, 0.25) is 30.7 Å². The lowest BCUT2D eigenvalue weighted by atomic mass is 9.85. The Labute approximate surface area is 269 Å². The normalized spacial score (nSPS) is 19.3. The first-order valence-corrected chi connectivity index (χ1v) is 19.8. The highest BCUT2D eigenvalue weighted by molar-refractivity contribution is 6.76. The Hall–Kier alpha value is -3.35. The third-order valence-corrected chi connectivity index (χ3v) is 11.0. The van der Waals surface area contributed by atoms with Crippen molar-refractivity contribution >= 4 is 41.7 Å². The average molecular weight is 646 g/mol. The molecule has 0 atom stereocenters. The Kier molecular flexibility index (Phi) is 8.38. The van der Waals surface area contributed by atoms with Crippen LogP contribution in [0.5, 0.6) is 11.5 Å². The van der Waals surface area contributed by atoms with Gasteiger partial charge in [0.05, 0.1) is 53.9 Å². The summed E-state index contributed by atoms with van der Waals surface area (Å²) in [6, 6.07) is 11.7. The third-order valence-electron chi connectivity index (χ3n) is 8.89. The quantitative estimate of drug-likeness (QED) is 0.119. The van der Waals surface area contributed by atoms with Crippen LogP contribution in [0.15, 0.2) is 48.9 Å². The van der Waals surface area contributed by atoms with Crippen LogP contribution in [-0.2, 0) is 16.2 Å². The molecule has 1 saturated heterocycles. The molecule has 2 aliphatic rings. The number of hydrogen-bond acceptors (Lipinski definition) is 8. The van der Waals surface area contributed by atoms with E-state index in [0.29, 0.717) is 46.4 Å². The zero-order valence-electron chi connectivity index (χ0n) is 26.4. The molecule has 1 aliphatic heterocycles. The average Bonchev–Trinajstić information content (AvgIpc) is 3.60. The molecule has 0 bridgehead atoms. The minimum atomic E-state index is -1.16. The molecule has 0 amide bonds. The molecule has 12 heteroatoms. The monoisotopic (exact) mass is 645 g/mol. The van der Waals surface area contributed by atoms with E-state index in [-0.39, 0.29) is 0 Å². The molecule has 1 aliphatic carbocycles. The molecule has 2 fully saturated rings. The minimum Gasteiger partial charge on any atom is -0.456 e. The van der Waals surface area contributed by atoms with E-state index in [1.807, 2.05) is 43.5 Å². The second-order valence-electron chi connectivity index (χ2n) is 13.3. The highest BCUT2D eigenvalue weighted by atomic mass is 35.5. The lowest BCUT2D eigenvalue weighted by Crippen LogP contribution is -2.50. The van der Waals surface area contributed by atoms with E-state index in [1.54, 1.807) is 6.20 Å². The Bertz CT molecular complexity index is 1820. The van der Waals surface area contributed by atoms with Gasteiger partial charge in [0, 0.05) is 51.6 Å². The molecule has 236 valence electrons. The van der Waals surface area contributed by atoms with Gasteiger partial charge >= 0.3 is 0 Å². The van der Waals surface area contributed by atoms with Crippen molar-refractivity contribution in [2.75, 3.05) is 32.9 Å². The van der Waals surface area contributed by atoms with Crippen LogP contribution >= 0.6 is 11.6 Å². The Morgan fingerprint density at radius 1 is 1.00 bits per heavy atom. The molecular formula is C33H40ClN7O3Si. The van der Waals surface area contributed by atoms with Gasteiger partial charge in [-0.3, -0.25) is 14.6 Å². The molecule has 45 heavy (non-hydrogen) atoms. The fourth-order valence-corrected chi connectivity index (χ4v) is 7.04. The summed E-state index contributed by atoms with van der Waals surface area (Å²) in [5.41, 5.74) is 4.79. The van der Waals surface area contributed by atoms with Gasteiger partial charge in [-0.1, -0.05) is 31.2 Å². The highest BCUT2D eigenvalue weighted by Crippen LogP contribution is 2.38. The summed E-state index contributed by atoms with van der Waals surface area (Å²) < 4.78 is 22.0. The van der Waals surface area contributed by atoms with E-state index in [4.69, 9.17) is 35.8 Å². The topological polar surface area (TPSA) is 92.4 Å². The van der Waals surface area contributed by atoms with Gasteiger partial charge in [-0.2, -0.15) is 5.10 Å². The SMILES string of the molecule is Cc1nc2ccc(Oc3ccc4ncc(-c5cnn(C6CC(N7CCOCC7)C6)c5)nc4c3Cl)cc2n1COCC[Si](C)(C)C. The summed E-state index contributed by atoms with van der Waals surface area (Å²) in [7, 11) is -1.16. The molecular weight excluding hydrogens is 606 g/mol. The maximum atomic E-state index is 6.91. The maximum Gasteiger partial charge on any atom is 0.148 e. The molecule has 0 N–H and O–H groups in total. The zero-order chi connectivity index (χ0) is 31.1. The van der Waals surface area contributed by atoms with Gasteiger partial charge in [0.1, 0.15) is 34.6 Å². The number of fused-ring (bicyclic) bond motifs is 2. The smallest absolute Gasteiger partial charge is 0.148 e. The Morgan fingerprint density at radius 3 is 2.60 bits per heavy atom. The van der Waals surface area contributed by atoms with E-state index in [1.165, 1.54) is 0 Å². The number of morpholine rings is 1. The second-order valence-corrected chi connectivity index (χ2v) is 19.3. The molecule has 7 rings (SSSR count). The number of hydrogen-bond donors (Lipinski definition) is 0. The van der Waals surface area contributed by atoms with E-state index in [9.17, 15) is 0 Å². The third kappa shape index (κ3) is 6.50. The summed E-state index contributed by atoms with van der Waals surface area (Å²) in [5.74, 6) is 2.08. The molecule has 10 nitrogen and oxygen atoms in total. The second kappa shape index (κ2) is 12.4. The standard InChI is InChI=1S/C33H40ClN7O3Si/c1-22-37-27-6-5-26(17-30(27)40(22)21-43-13-14-45(2,3)4)44-31-8-7-28-33(32(31)34)38-29(19-35-28)23-18-36-41(20-23)25-15-24(16-25)39-9-11-42-12-10-39/h5-8,17-20,24-25H,9-16,21H2,1-4H3. The summed E-state index contributed by atoms with van der Waals surface area (Å²) >= 11 is 6.91. The minimum absolute atomic E-state index is 0.401. The summed E-state index contributed by atoms with van der Waals surface area (Å²) in [5, 5.41) is 5.09. The zero-order valence-corrected chi connectivity index (χ0v) is 28.1. The Morgan fingerprint density at radius 2 is 1.80 bits per heavy atom. The number of rotatable bonds is 10. The first-order valence-electron chi connectivity index (χ1n) is 15.8. The van der Waals surface area contributed by atoms with E-state index in [2.05, 4.69) is 50.1 Å². The number of imidazole rings is 1. The highest BCUT2D eigenvalue weighted by Gasteiger charge is 2.35. The molecule has 4 heterocycles. The van der Waals surface area contributed by atoms with Crippen molar-refractivity contribution in [1.82, 2.24) is 34.2 Å². The number of benzene rings is 2. The number of aromatic nitrogens is 6. The van der Waals surface area contributed by atoms with Crippen LogP contribution in [0.4, 0.5) is 0 Å². The van der Waals surface area contributed by atoms with Crippen LogP contribution in [0, 0.1) is 6.92 Å². The molecule has 5 aromatic rings. The number of ether oxygens (including phenoxy) is 3. The molecule has 0 unspecified atom stereocenters. The van der Waals surface area contributed by atoms with Gasteiger partial charge in [-0.25, -0.2) is 9.97 Å². The molecule has 2 aromatic carbocycles. The van der Waals surface area contributed by atoms with Gasteiger partial charge < -0.3 is 18.8 Å². The molecule has 3 aromatic heterocycles. The van der Waals surface area contributed by atoms with Crippen LogP contribution in [-0.4, -0.2) is 81.2 Å². The van der Waals surface area contributed by atoms with Crippen molar-refractivity contribution in [3.63, 3.8) is 0 Å². The van der Waals surface area contributed by atoms with Crippen molar-refractivity contribution in [2.24, 2.45) is 0 Å². The lowest BCUT2D eigenvalue weighted by Gasteiger charge is -2.44. The van der Waals surface area contributed by atoms with E-state index >= 15 is 0 Å². The Balaban J connectivity index is 1.07. The summed E-state index contributed by atoms with van der Waals surface area (Å²) in [4.78, 5) is 16.8. The summed E-state index contributed by atoms with van der Waals surface area (Å²) in [6.45, 7) is 14.0. The van der Waals surface area contributed by atoms with Crippen molar-refractivity contribution in [3.8, 4) is 22.8 Å². The number of aryl methyl sites for hydroxylation is 1. The van der Waals surface area contributed by atoms with Crippen molar-refractivity contribution in [2.45, 2.75) is 64.3 Å². The van der Waals surface area contributed by atoms with Crippen molar-refractivity contribution < 1.29 is 14.2 Å². The van der Waals surface area contributed by atoms with E-state index < -0.39 is 8.07 Å². The molecule has 0 spiro atoms. The predicted molar refractivity (Wildman–Crippen MR) is 179 cm³/mol. The molecule has 1 saturated carbocycles. The van der Waals surface area contributed by atoms with Crippen LogP contribution in [0.3, 0.4) is 0 Å². The van der Waals surface area contributed by atoms with Crippen LogP contribution < -0.4 is 4.74 Å². The first kappa shape index (κ1) is 30.3. The van der Waals surface area contributed by atoms with Crippen LogP contribution in [0.25, 0.3) is 33.3 Å². The fraction of sp³-hybridized carbons (Fsp3) is 0.455. The van der Waals surface area contributed by atoms with Crippen molar-refractivity contribution in [3.05, 3.63) is 59.8 Å². The van der Waals surface area contributed by atoms with Gasteiger partial charge in [-0.05, 0) is 50.1 Å². The largest absolute Gasteiger partial charge is 0.456 e. The molecule has 0 radical (unpaired) electrons. The van der Waals surface area contributed by atoms with Gasteiger partial charge in [0.15, 0.2) is 0 Å². The van der Waals surface area contributed by atoms with Crippen LogP contribution in [0.1, 0.15) is 24.7 Å². The summed E-state index contributed by atoms with van der Waals surface area (Å²) in [6.07, 6.45) is 7.92. The first-order chi connectivity index (χ1) is 21.7. The maximum absolute atomic E-state index is 6.91. The van der Waals surface area contributed by atoms with Crippen molar-refractivity contribution in [1.29, 1.82) is 0 Å². The predicted octanol–water partition coefficient (Wildman–Crippen LogP) is 6.95. The number of halogens is 1. The lowest BCUT2D eigenvalue weighted by molar-refractivity contribution is -0.0162.